The van der Waals surface area contributed by atoms with Gasteiger partial charge in [0.05, 0.1) is 18.3 Å². The highest BCUT2D eigenvalue weighted by molar-refractivity contribution is 4.98. The first-order valence-corrected chi connectivity index (χ1v) is 5.95. The van der Waals surface area contributed by atoms with Gasteiger partial charge in [-0.3, -0.25) is 0 Å². The van der Waals surface area contributed by atoms with Gasteiger partial charge >= 0.3 is 0 Å². The molecule has 2 N–H and O–H groups in total. The third-order valence-electron chi connectivity index (χ3n) is 2.57. The molecule has 0 aliphatic heterocycles. The molecule has 0 aliphatic rings. The fourth-order valence-electron chi connectivity index (χ4n) is 1.60. The molecule has 5 heteroatoms. The van der Waals surface area contributed by atoms with Crippen molar-refractivity contribution < 1.29 is 0 Å². The molecule has 0 saturated carbocycles. The van der Waals surface area contributed by atoms with Crippen LogP contribution in [0.2, 0.25) is 0 Å². The van der Waals surface area contributed by atoms with Gasteiger partial charge in [-0.25, -0.2) is 9.97 Å². The first-order valence-electron chi connectivity index (χ1n) is 5.95. The summed E-state index contributed by atoms with van der Waals surface area (Å²) in [6.07, 6.45) is 8.49. The largest absolute Gasteiger partial charge is 0.348 e. The lowest BCUT2D eigenvalue weighted by atomic mass is 10.3. The maximum atomic E-state index is 4.36. The molecule has 0 saturated heterocycles. The van der Waals surface area contributed by atoms with E-state index in [9.17, 15) is 0 Å². The Bertz CT molecular complexity index is 429. The summed E-state index contributed by atoms with van der Waals surface area (Å²) in [6, 6.07) is 0.491. The third-order valence-corrected chi connectivity index (χ3v) is 2.57. The number of nitrogens with one attached hydrogen (secondary N) is 2. The number of aromatic amines is 1. The fourth-order valence-corrected chi connectivity index (χ4v) is 1.60. The average molecular weight is 233 g/mol. The third kappa shape index (κ3) is 3.71. The molecule has 2 aromatic rings. The van der Waals surface area contributed by atoms with Crippen molar-refractivity contribution in [1.82, 2.24) is 24.8 Å². The van der Waals surface area contributed by atoms with Gasteiger partial charge in [0.15, 0.2) is 0 Å². The highest BCUT2D eigenvalue weighted by atomic mass is 15.0. The second kappa shape index (κ2) is 5.63. The number of hydrogen-bond donors (Lipinski definition) is 2. The summed E-state index contributed by atoms with van der Waals surface area (Å²) in [5.74, 6) is 0. The van der Waals surface area contributed by atoms with Crippen LogP contribution in [0.25, 0.3) is 0 Å². The minimum absolute atomic E-state index is 0.491. The molecule has 0 amide bonds. The predicted octanol–water partition coefficient (Wildman–Crippen LogP) is 1.35. The Morgan fingerprint density at radius 3 is 3.06 bits per heavy atom. The predicted molar refractivity (Wildman–Crippen MR) is 66.5 cm³/mol. The molecule has 0 aliphatic carbocycles. The summed E-state index contributed by atoms with van der Waals surface area (Å²) in [5, 5.41) is 3.35. The maximum absolute atomic E-state index is 4.36. The Balaban J connectivity index is 1.81. The molecule has 17 heavy (non-hydrogen) atoms. The van der Waals surface area contributed by atoms with Gasteiger partial charge in [-0.05, 0) is 0 Å². The van der Waals surface area contributed by atoms with Crippen LogP contribution in [0.5, 0.6) is 0 Å². The van der Waals surface area contributed by atoms with E-state index in [4.69, 9.17) is 0 Å². The standard InChI is InChI=1S/C12H19N5/c1-10(2)14-6-12-7-17(9-16-12)4-3-11-5-13-8-15-11/h5,7-10,14H,3-4,6H2,1-2H3,(H,13,15). The molecule has 2 rings (SSSR count). The van der Waals surface area contributed by atoms with E-state index in [2.05, 4.69) is 44.9 Å². The minimum Gasteiger partial charge on any atom is -0.348 e. The number of hydrogen-bond acceptors (Lipinski definition) is 3. The van der Waals surface area contributed by atoms with Crippen LogP contribution in [0.4, 0.5) is 0 Å². The molecule has 0 aromatic carbocycles. The van der Waals surface area contributed by atoms with E-state index in [1.807, 2.05) is 12.5 Å². The number of rotatable bonds is 6. The molecule has 5 nitrogen and oxygen atoms in total. The molecule has 0 atom stereocenters. The topological polar surface area (TPSA) is 58.5 Å². The molecular weight excluding hydrogens is 214 g/mol. The van der Waals surface area contributed by atoms with Crippen molar-refractivity contribution in [3.05, 3.63) is 36.4 Å². The number of aromatic nitrogens is 4. The van der Waals surface area contributed by atoms with Crippen molar-refractivity contribution in [3.8, 4) is 0 Å². The van der Waals surface area contributed by atoms with Crippen LogP contribution >= 0.6 is 0 Å². The van der Waals surface area contributed by atoms with Gasteiger partial charge in [0.1, 0.15) is 0 Å². The van der Waals surface area contributed by atoms with Gasteiger partial charge in [0, 0.05) is 43.6 Å². The van der Waals surface area contributed by atoms with Crippen LogP contribution in [0.3, 0.4) is 0 Å². The average Bonchev–Trinajstić information content (AvgIpc) is 2.95. The highest BCUT2D eigenvalue weighted by Gasteiger charge is 2.00. The second-order valence-electron chi connectivity index (χ2n) is 4.47. The van der Waals surface area contributed by atoms with E-state index in [-0.39, 0.29) is 0 Å². The van der Waals surface area contributed by atoms with E-state index >= 15 is 0 Å². The summed E-state index contributed by atoms with van der Waals surface area (Å²) in [5.41, 5.74) is 2.24. The number of nitrogens with zero attached hydrogens (tertiary/aromatic N) is 3. The van der Waals surface area contributed by atoms with Crippen LogP contribution < -0.4 is 5.32 Å². The Labute approximate surface area is 101 Å². The first kappa shape index (κ1) is 11.9. The van der Waals surface area contributed by atoms with Crippen LogP contribution in [0.1, 0.15) is 25.2 Å². The SMILES string of the molecule is CC(C)NCc1cn(CCc2cnc[nH]2)cn1. The Hall–Kier alpha value is -1.62. The van der Waals surface area contributed by atoms with Crippen molar-refractivity contribution in [3.63, 3.8) is 0 Å². The van der Waals surface area contributed by atoms with Crippen LogP contribution in [0.15, 0.2) is 25.0 Å². The number of aryl methyl sites for hydroxylation is 2. The Morgan fingerprint density at radius 2 is 2.35 bits per heavy atom. The lowest BCUT2D eigenvalue weighted by Gasteiger charge is -2.04. The van der Waals surface area contributed by atoms with Crippen molar-refractivity contribution in [2.45, 2.75) is 39.4 Å². The number of H-pyrrole nitrogens is 1. The molecule has 0 radical (unpaired) electrons. The van der Waals surface area contributed by atoms with E-state index in [0.717, 1.165) is 30.9 Å². The van der Waals surface area contributed by atoms with E-state index in [1.54, 1.807) is 6.33 Å². The molecule has 0 unspecified atom stereocenters. The van der Waals surface area contributed by atoms with Gasteiger partial charge in [0.2, 0.25) is 0 Å². The normalized spacial score (nSPS) is 11.2. The molecule has 0 bridgehead atoms. The molecular formula is C12H19N5. The zero-order valence-corrected chi connectivity index (χ0v) is 10.3. The smallest absolute Gasteiger partial charge is 0.0950 e. The summed E-state index contributed by atoms with van der Waals surface area (Å²) >= 11 is 0. The molecule has 2 heterocycles. The monoisotopic (exact) mass is 233 g/mol. The van der Waals surface area contributed by atoms with Gasteiger partial charge in [0.25, 0.3) is 0 Å². The first-order chi connectivity index (χ1) is 8.24. The van der Waals surface area contributed by atoms with E-state index in [0.29, 0.717) is 6.04 Å². The van der Waals surface area contributed by atoms with Crippen LogP contribution in [-0.2, 0) is 19.5 Å². The summed E-state index contributed by atoms with van der Waals surface area (Å²) in [4.78, 5) is 11.5. The molecule has 0 spiro atoms. The molecule has 0 fully saturated rings. The van der Waals surface area contributed by atoms with Gasteiger partial charge < -0.3 is 14.9 Å². The summed E-state index contributed by atoms with van der Waals surface area (Å²) in [7, 11) is 0. The Morgan fingerprint density at radius 1 is 1.47 bits per heavy atom. The second-order valence-corrected chi connectivity index (χ2v) is 4.47. The van der Waals surface area contributed by atoms with Crippen LogP contribution in [-0.4, -0.2) is 25.6 Å². The zero-order valence-electron chi connectivity index (χ0n) is 10.3. The minimum atomic E-state index is 0.491. The lowest BCUT2D eigenvalue weighted by molar-refractivity contribution is 0.582. The number of imidazole rings is 2. The van der Waals surface area contributed by atoms with Crippen LogP contribution in [0, 0.1) is 0 Å². The van der Waals surface area contributed by atoms with Crippen molar-refractivity contribution >= 4 is 0 Å². The van der Waals surface area contributed by atoms with Crippen molar-refractivity contribution in [1.29, 1.82) is 0 Å². The van der Waals surface area contributed by atoms with Gasteiger partial charge in [-0.2, -0.15) is 0 Å². The van der Waals surface area contributed by atoms with Gasteiger partial charge in [-0.1, -0.05) is 13.8 Å². The van der Waals surface area contributed by atoms with Crippen molar-refractivity contribution in [2.75, 3.05) is 0 Å². The molecule has 92 valence electrons. The lowest BCUT2D eigenvalue weighted by Crippen LogP contribution is -2.21. The Kier molecular flexibility index (Phi) is 3.93. The summed E-state index contributed by atoms with van der Waals surface area (Å²) in [6.45, 7) is 6.02. The van der Waals surface area contributed by atoms with E-state index in [1.165, 1.54) is 0 Å². The van der Waals surface area contributed by atoms with E-state index < -0.39 is 0 Å². The zero-order chi connectivity index (χ0) is 12.1. The molecule has 2 aromatic heterocycles. The fraction of sp³-hybridized carbons (Fsp3) is 0.500. The maximum Gasteiger partial charge on any atom is 0.0950 e. The quantitative estimate of drug-likeness (QED) is 0.791. The van der Waals surface area contributed by atoms with Gasteiger partial charge in [-0.15, -0.1) is 0 Å². The van der Waals surface area contributed by atoms with Crippen molar-refractivity contribution in [2.24, 2.45) is 0 Å². The highest BCUT2D eigenvalue weighted by Crippen LogP contribution is 2.00. The summed E-state index contributed by atoms with van der Waals surface area (Å²) < 4.78 is 2.11.